The molecule has 2 aromatic rings. The molecule has 102 valence electrons. The van der Waals surface area contributed by atoms with Crippen molar-refractivity contribution in [3.63, 3.8) is 0 Å². The number of hydrogen-bond donors (Lipinski definition) is 2. The summed E-state index contributed by atoms with van der Waals surface area (Å²) in [6, 6.07) is 6.33. The van der Waals surface area contributed by atoms with Crippen LogP contribution in [-0.2, 0) is 6.42 Å². The van der Waals surface area contributed by atoms with E-state index in [1.807, 2.05) is 0 Å². The first-order chi connectivity index (χ1) is 9.67. The second kappa shape index (κ2) is 4.88. The van der Waals surface area contributed by atoms with E-state index < -0.39 is 0 Å². The van der Waals surface area contributed by atoms with E-state index in [1.54, 1.807) is 18.3 Å². The Morgan fingerprint density at radius 1 is 1.25 bits per heavy atom. The highest BCUT2D eigenvalue weighted by molar-refractivity contribution is 6.02. The molecule has 1 atom stereocenters. The number of halogens is 1. The van der Waals surface area contributed by atoms with Crippen LogP contribution in [0.15, 0.2) is 35.6 Å². The lowest BCUT2D eigenvalue weighted by Gasteiger charge is -2.24. The second-order valence-electron chi connectivity index (χ2n) is 4.79. The van der Waals surface area contributed by atoms with Gasteiger partial charge in [-0.25, -0.2) is 14.4 Å². The number of aromatic nitrogens is 2. The molecule has 0 fully saturated rings. The van der Waals surface area contributed by atoms with Crippen molar-refractivity contribution in [2.24, 2.45) is 5.16 Å². The predicted molar refractivity (Wildman–Crippen MR) is 72.2 cm³/mol. The summed E-state index contributed by atoms with van der Waals surface area (Å²) in [6.07, 6.45) is 2.79. The van der Waals surface area contributed by atoms with E-state index in [2.05, 4.69) is 15.1 Å². The van der Waals surface area contributed by atoms with E-state index in [1.165, 1.54) is 12.1 Å². The van der Waals surface area contributed by atoms with E-state index in [-0.39, 0.29) is 17.7 Å². The summed E-state index contributed by atoms with van der Waals surface area (Å²) in [4.78, 5) is 8.13. The Morgan fingerprint density at radius 3 is 2.70 bits per heavy atom. The molecular weight excluding hydrogens is 259 g/mol. The zero-order chi connectivity index (χ0) is 14.1. The summed E-state index contributed by atoms with van der Waals surface area (Å²) in [6.45, 7) is 0. The number of anilines is 1. The number of nitrogens with zero attached hydrogens (tertiary/aromatic N) is 3. The molecule has 20 heavy (non-hydrogen) atoms. The van der Waals surface area contributed by atoms with Gasteiger partial charge in [-0.1, -0.05) is 17.3 Å². The topological polar surface area (TPSA) is 84.4 Å². The number of fused-ring (bicyclic) bond motifs is 1. The van der Waals surface area contributed by atoms with Gasteiger partial charge in [0.1, 0.15) is 5.82 Å². The average Bonchev–Trinajstić information content (AvgIpc) is 2.46. The van der Waals surface area contributed by atoms with E-state index in [0.717, 1.165) is 16.8 Å². The molecule has 0 saturated heterocycles. The minimum atomic E-state index is -0.271. The number of oxime groups is 1. The maximum atomic E-state index is 13.0. The van der Waals surface area contributed by atoms with Gasteiger partial charge in [0.2, 0.25) is 5.95 Å². The van der Waals surface area contributed by atoms with E-state index >= 15 is 0 Å². The molecular formula is C14H13FN4O. The van der Waals surface area contributed by atoms with Crippen LogP contribution in [0.4, 0.5) is 10.3 Å². The van der Waals surface area contributed by atoms with Gasteiger partial charge in [-0.3, -0.25) is 0 Å². The molecule has 1 aromatic carbocycles. The molecule has 0 spiro atoms. The van der Waals surface area contributed by atoms with E-state index in [4.69, 9.17) is 10.9 Å². The number of nitrogens with two attached hydrogens (primary N) is 1. The third kappa shape index (κ3) is 2.20. The predicted octanol–water partition coefficient (Wildman–Crippen LogP) is 2.11. The van der Waals surface area contributed by atoms with Gasteiger partial charge >= 0.3 is 0 Å². The number of rotatable bonds is 1. The van der Waals surface area contributed by atoms with Gasteiger partial charge in [0.15, 0.2) is 0 Å². The molecule has 6 heteroatoms. The molecule has 1 aromatic heterocycles. The summed E-state index contributed by atoms with van der Waals surface area (Å²) < 4.78 is 13.0. The maximum Gasteiger partial charge on any atom is 0.220 e. The van der Waals surface area contributed by atoms with Crippen LogP contribution >= 0.6 is 0 Å². The smallest absolute Gasteiger partial charge is 0.220 e. The van der Waals surface area contributed by atoms with Crippen LogP contribution in [0, 0.1) is 5.82 Å². The first-order valence-corrected chi connectivity index (χ1v) is 6.25. The van der Waals surface area contributed by atoms with Crippen LogP contribution in [0.5, 0.6) is 0 Å². The summed E-state index contributed by atoms with van der Waals surface area (Å²) in [7, 11) is 0. The minimum Gasteiger partial charge on any atom is -0.411 e. The Kier molecular flexibility index (Phi) is 3.06. The van der Waals surface area contributed by atoms with Gasteiger partial charge in [0.05, 0.1) is 11.4 Å². The fraction of sp³-hybridized carbons (Fsp3) is 0.214. The Bertz CT molecular complexity index is 669. The molecule has 1 aliphatic carbocycles. The normalized spacial score (nSPS) is 19.9. The standard InChI is InChI=1S/C14H13FN4O/c15-10-3-1-8(2-4-10)9-5-12-11(13(6-9)19-20)7-17-14(16)18-12/h1-4,7,9,20H,5-6H2,(H2,16,17,18)/b19-13+. The SMILES string of the molecule is Nc1ncc2c(n1)CC(c1ccc(F)cc1)C/C2=N\O. The van der Waals surface area contributed by atoms with Crippen LogP contribution in [0.3, 0.4) is 0 Å². The molecule has 1 unspecified atom stereocenters. The molecule has 1 heterocycles. The second-order valence-corrected chi connectivity index (χ2v) is 4.79. The van der Waals surface area contributed by atoms with Gasteiger partial charge in [0.25, 0.3) is 0 Å². The van der Waals surface area contributed by atoms with Crippen molar-refractivity contribution < 1.29 is 9.60 Å². The molecule has 0 aliphatic heterocycles. The van der Waals surface area contributed by atoms with Gasteiger partial charge in [-0.2, -0.15) is 0 Å². The Hall–Kier alpha value is -2.50. The van der Waals surface area contributed by atoms with Gasteiger partial charge in [-0.15, -0.1) is 0 Å². The Labute approximate surface area is 115 Å². The summed E-state index contributed by atoms with van der Waals surface area (Å²) in [5.74, 6) is 0.0108. The van der Waals surface area contributed by atoms with E-state index in [0.29, 0.717) is 18.6 Å². The molecule has 0 amide bonds. The summed E-state index contributed by atoms with van der Waals surface area (Å²) in [5, 5.41) is 12.5. The van der Waals surface area contributed by atoms with Crippen molar-refractivity contribution in [2.75, 3.05) is 5.73 Å². The van der Waals surface area contributed by atoms with Crippen molar-refractivity contribution in [2.45, 2.75) is 18.8 Å². The van der Waals surface area contributed by atoms with Crippen molar-refractivity contribution in [1.29, 1.82) is 0 Å². The first-order valence-electron chi connectivity index (χ1n) is 6.25. The number of nitrogen functional groups attached to an aromatic ring is 1. The fourth-order valence-corrected chi connectivity index (χ4v) is 2.54. The van der Waals surface area contributed by atoms with Gasteiger partial charge in [0, 0.05) is 18.2 Å². The molecule has 0 bridgehead atoms. The third-order valence-corrected chi connectivity index (χ3v) is 3.54. The number of hydrogen-bond acceptors (Lipinski definition) is 5. The zero-order valence-electron chi connectivity index (χ0n) is 10.6. The van der Waals surface area contributed by atoms with Crippen molar-refractivity contribution in [3.05, 3.63) is 53.1 Å². The maximum absolute atomic E-state index is 13.0. The molecule has 0 radical (unpaired) electrons. The van der Waals surface area contributed by atoms with Crippen molar-refractivity contribution >= 4 is 11.7 Å². The van der Waals surface area contributed by atoms with Gasteiger partial charge < -0.3 is 10.9 Å². The zero-order valence-corrected chi connectivity index (χ0v) is 10.6. The Balaban J connectivity index is 2.00. The molecule has 0 saturated carbocycles. The minimum absolute atomic E-state index is 0.0864. The van der Waals surface area contributed by atoms with Crippen LogP contribution in [0.25, 0.3) is 0 Å². The third-order valence-electron chi connectivity index (χ3n) is 3.54. The quantitative estimate of drug-likeness (QED) is 0.615. The monoisotopic (exact) mass is 272 g/mol. The highest BCUT2D eigenvalue weighted by atomic mass is 19.1. The number of benzene rings is 1. The largest absolute Gasteiger partial charge is 0.411 e. The molecule has 3 N–H and O–H groups in total. The van der Waals surface area contributed by atoms with Crippen LogP contribution in [0.2, 0.25) is 0 Å². The van der Waals surface area contributed by atoms with Crippen LogP contribution in [-0.4, -0.2) is 20.9 Å². The lowest BCUT2D eigenvalue weighted by Crippen LogP contribution is -2.22. The van der Waals surface area contributed by atoms with Crippen LogP contribution in [0.1, 0.15) is 29.2 Å². The summed E-state index contributed by atoms with van der Waals surface area (Å²) >= 11 is 0. The van der Waals surface area contributed by atoms with E-state index in [9.17, 15) is 4.39 Å². The first kappa shape index (κ1) is 12.5. The average molecular weight is 272 g/mol. The van der Waals surface area contributed by atoms with Crippen molar-refractivity contribution in [1.82, 2.24) is 9.97 Å². The molecule has 3 rings (SSSR count). The highest BCUT2D eigenvalue weighted by Gasteiger charge is 2.27. The lowest BCUT2D eigenvalue weighted by atomic mass is 9.82. The highest BCUT2D eigenvalue weighted by Crippen LogP contribution is 2.32. The van der Waals surface area contributed by atoms with Gasteiger partial charge in [-0.05, 0) is 30.0 Å². The van der Waals surface area contributed by atoms with Crippen LogP contribution < -0.4 is 5.73 Å². The lowest BCUT2D eigenvalue weighted by molar-refractivity contribution is 0.316. The molecule has 5 nitrogen and oxygen atoms in total. The summed E-state index contributed by atoms with van der Waals surface area (Å²) in [5.41, 5.74) is 8.59. The fourth-order valence-electron chi connectivity index (χ4n) is 2.54. The Morgan fingerprint density at radius 2 is 2.00 bits per heavy atom. The van der Waals surface area contributed by atoms with Crippen molar-refractivity contribution in [3.8, 4) is 0 Å². The molecule has 1 aliphatic rings.